The number of ketones is 1. The lowest BCUT2D eigenvalue weighted by Gasteiger charge is -2.34. The number of aryl methyl sites for hydroxylation is 1. The predicted octanol–water partition coefficient (Wildman–Crippen LogP) is 4.26. The normalized spacial score (nSPS) is 21.0. The van der Waals surface area contributed by atoms with Gasteiger partial charge in [-0.2, -0.15) is 0 Å². The van der Waals surface area contributed by atoms with E-state index < -0.39 is 0 Å². The highest BCUT2D eigenvalue weighted by Crippen LogP contribution is 2.25. The van der Waals surface area contributed by atoms with Gasteiger partial charge in [0.25, 0.3) is 0 Å². The summed E-state index contributed by atoms with van der Waals surface area (Å²) < 4.78 is 7.39. The quantitative estimate of drug-likeness (QED) is 0.752. The molecule has 3 rings (SSSR count). The van der Waals surface area contributed by atoms with Gasteiger partial charge in [-0.05, 0) is 62.4 Å². The van der Waals surface area contributed by atoms with E-state index in [9.17, 15) is 4.79 Å². The van der Waals surface area contributed by atoms with Crippen molar-refractivity contribution in [2.45, 2.75) is 34.1 Å². The highest BCUT2D eigenvalue weighted by atomic mass is 16.5. The van der Waals surface area contributed by atoms with Crippen molar-refractivity contribution in [1.82, 2.24) is 9.47 Å². The molecule has 1 saturated heterocycles. The van der Waals surface area contributed by atoms with Crippen LogP contribution in [0, 0.1) is 25.7 Å². The van der Waals surface area contributed by atoms with E-state index in [-0.39, 0.29) is 5.78 Å². The predicted molar refractivity (Wildman–Crippen MR) is 106 cm³/mol. The van der Waals surface area contributed by atoms with Gasteiger partial charge >= 0.3 is 0 Å². The van der Waals surface area contributed by atoms with Crippen LogP contribution in [0.1, 0.15) is 42.0 Å². The second-order valence-electron chi connectivity index (χ2n) is 7.88. The lowest BCUT2D eigenvalue weighted by Crippen LogP contribution is -2.41. The van der Waals surface area contributed by atoms with Crippen LogP contribution in [0.2, 0.25) is 0 Å². The molecule has 1 aromatic heterocycles. The molecule has 0 aliphatic carbocycles. The Balaban J connectivity index is 1.81. The van der Waals surface area contributed by atoms with Crippen LogP contribution in [0.5, 0.6) is 5.75 Å². The number of methoxy groups -OCH3 is 1. The summed E-state index contributed by atoms with van der Waals surface area (Å²) in [4.78, 5) is 15.3. The Kier molecular flexibility index (Phi) is 5.52. The fourth-order valence-electron chi connectivity index (χ4n) is 4.38. The third-order valence-corrected chi connectivity index (χ3v) is 5.37. The second-order valence-corrected chi connectivity index (χ2v) is 7.88. The Morgan fingerprint density at radius 3 is 2.31 bits per heavy atom. The molecule has 1 aliphatic rings. The molecule has 0 N–H and O–H groups in total. The minimum absolute atomic E-state index is 0.221. The third-order valence-electron chi connectivity index (χ3n) is 5.37. The van der Waals surface area contributed by atoms with Crippen molar-refractivity contribution < 1.29 is 9.53 Å². The van der Waals surface area contributed by atoms with Gasteiger partial charge in [-0.25, -0.2) is 0 Å². The number of aromatic nitrogens is 1. The number of carbonyl (C=O) groups is 1. The lowest BCUT2D eigenvalue weighted by molar-refractivity contribution is 0.0849. The summed E-state index contributed by atoms with van der Waals surface area (Å²) >= 11 is 0. The summed E-state index contributed by atoms with van der Waals surface area (Å²) in [6.07, 6.45) is 1.26. The largest absolute Gasteiger partial charge is 0.497 e. The smallest absolute Gasteiger partial charge is 0.178 e. The number of ether oxygens (including phenoxy) is 1. The number of benzene rings is 1. The summed E-state index contributed by atoms with van der Waals surface area (Å²) in [5.41, 5.74) is 3.98. The lowest BCUT2D eigenvalue weighted by atomic mass is 9.91. The standard InChI is InChI=1S/C22H30N2O2/c1-15-10-16(2)13-23(12-15)14-22(25)21-11-17(3)24(18(21)4)19-6-8-20(26-5)9-7-19/h6-9,11,15-16H,10,12-14H2,1-5H3. The maximum absolute atomic E-state index is 13.0. The number of Topliss-reactive ketones (excluding diaryl/α,β-unsaturated/α-hetero) is 1. The van der Waals surface area contributed by atoms with Crippen molar-refractivity contribution in [3.8, 4) is 11.4 Å². The molecule has 2 heterocycles. The van der Waals surface area contributed by atoms with Gasteiger partial charge in [0.05, 0.1) is 13.7 Å². The van der Waals surface area contributed by atoms with E-state index in [1.165, 1.54) is 6.42 Å². The Morgan fingerprint density at radius 1 is 1.12 bits per heavy atom. The number of hydrogen-bond acceptors (Lipinski definition) is 3. The monoisotopic (exact) mass is 354 g/mol. The van der Waals surface area contributed by atoms with Crippen LogP contribution in [0.25, 0.3) is 5.69 Å². The first-order valence-electron chi connectivity index (χ1n) is 9.48. The van der Waals surface area contributed by atoms with E-state index in [2.05, 4.69) is 30.2 Å². The van der Waals surface area contributed by atoms with Crippen LogP contribution in [0.4, 0.5) is 0 Å². The first-order chi connectivity index (χ1) is 12.4. The third kappa shape index (κ3) is 3.85. The molecule has 1 aromatic carbocycles. The first-order valence-corrected chi connectivity index (χ1v) is 9.48. The average Bonchev–Trinajstić information content (AvgIpc) is 2.89. The van der Waals surface area contributed by atoms with Gasteiger partial charge in [0.15, 0.2) is 5.78 Å². The molecule has 26 heavy (non-hydrogen) atoms. The number of likely N-dealkylation sites (tertiary alicyclic amines) is 1. The van der Waals surface area contributed by atoms with Crippen molar-refractivity contribution in [2.75, 3.05) is 26.7 Å². The van der Waals surface area contributed by atoms with Gasteiger partial charge in [0, 0.05) is 35.7 Å². The number of piperidine rings is 1. The molecule has 1 aliphatic heterocycles. The van der Waals surface area contributed by atoms with Crippen molar-refractivity contribution in [2.24, 2.45) is 11.8 Å². The first kappa shape index (κ1) is 18.7. The number of nitrogens with zero attached hydrogens (tertiary/aromatic N) is 2. The second kappa shape index (κ2) is 7.67. The molecule has 1 fully saturated rings. The van der Waals surface area contributed by atoms with Crippen LogP contribution >= 0.6 is 0 Å². The van der Waals surface area contributed by atoms with Crippen molar-refractivity contribution in [1.29, 1.82) is 0 Å². The molecule has 2 atom stereocenters. The van der Waals surface area contributed by atoms with E-state index in [4.69, 9.17) is 4.74 Å². The molecule has 0 spiro atoms. The van der Waals surface area contributed by atoms with Gasteiger partial charge < -0.3 is 9.30 Å². The van der Waals surface area contributed by atoms with Gasteiger partial charge in [-0.3, -0.25) is 9.69 Å². The maximum Gasteiger partial charge on any atom is 0.178 e. The molecular formula is C22H30N2O2. The van der Waals surface area contributed by atoms with Crippen LogP contribution in [-0.2, 0) is 0 Å². The molecule has 4 nitrogen and oxygen atoms in total. The zero-order chi connectivity index (χ0) is 18.8. The van der Waals surface area contributed by atoms with Crippen molar-refractivity contribution in [3.63, 3.8) is 0 Å². The summed E-state index contributed by atoms with van der Waals surface area (Å²) in [7, 11) is 1.67. The highest BCUT2D eigenvalue weighted by molar-refractivity contribution is 5.99. The summed E-state index contributed by atoms with van der Waals surface area (Å²) in [6.45, 7) is 11.2. The van der Waals surface area contributed by atoms with E-state index in [1.807, 2.05) is 37.3 Å². The molecule has 2 aromatic rings. The average molecular weight is 354 g/mol. The Hall–Kier alpha value is -2.07. The number of carbonyl (C=O) groups excluding carboxylic acids is 1. The van der Waals surface area contributed by atoms with Crippen LogP contribution in [0.3, 0.4) is 0 Å². The zero-order valence-corrected chi connectivity index (χ0v) is 16.6. The van der Waals surface area contributed by atoms with E-state index in [0.717, 1.165) is 41.5 Å². The molecular weight excluding hydrogens is 324 g/mol. The molecule has 4 heteroatoms. The fraction of sp³-hybridized carbons (Fsp3) is 0.500. The number of hydrogen-bond donors (Lipinski definition) is 0. The Bertz CT molecular complexity index is 766. The van der Waals surface area contributed by atoms with Gasteiger partial charge in [0.2, 0.25) is 0 Å². The van der Waals surface area contributed by atoms with E-state index in [1.54, 1.807) is 7.11 Å². The molecule has 0 amide bonds. The Labute approximate surface area is 156 Å². The minimum atomic E-state index is 0.221. The molecule has 0 bridgehead atoms. The van der Waals surface area contributed by atoms with Crippen LogP contribution in [-0.4, -0.2) is 42.0 Å². The zero-order valence-electron chi connectivity index (χ0n) is 16.6. The number of rotatable bonds is 5. The van der Waals surface area contributed by atoms with E-state index >= 15 is 0 Å². The van der Waals surface area contributed by atoms with Crippen LogP contribution in [0.15, 0.2) is 30.3 Å². The van der Waals surface area contributed by atoms with Gasteiger partial charge in [0.1, 0.15) is 5.75 Å². The van der Waals surface area contributed by atoms with Crippen molar-refractivity contribution in [3.05, 3.63) is 47.3 Å². The maximum atomic E-state index is 13.0. The fourth-order valence-corrected chi connectivity index (χ4v) is 4.38. The minimum Gasteiger partial charge on any atom is -0.497 e. The Morgan fingerprint density at radius 2 is 1.73 bits per heavy atom. The highest BCUT2D eigenvalue weighted by Gasteiger charge is 2.25. The van der Waals surface area contributed by atoms with Crippen LogP contribution < -0.4 is 4.74 Å². The summed E-state index contributed by atoms with van der Waals surface area (Å²) in [5.74, 6) is 2.39. The molecule has 2 unspecified atom stereocenters. The molecule has 140 valence electrons. The van der Waals surface area contributed by atoms with Gasteiger partial charge in [-0.15, -0.1) is 0 Å². The van der Waals surface area contributed by atoms with E-state index in [0.29, 0.717) is 18.4 Å². The molecule has 0 saturated carbocycles. The SMILES string of the molecule is COc1ccc(-n2c(C)cc(C(=O)CN3CC(C)CC(C)C3)c2C)cc1. The topological polar surface area (TPSA) is 34.5 Å². The summed E-state index contributed by atoms with van der Waals surface area (Å²) in [5, 5.41) is 0. The van der Waals surface area contributed by atoms with Crippen molar-refractivity contribution >= 4 is 5.78 Å². The summed E-state index contributed by atoms with van der Waals surface area (Å²) in [6, 6.07) is 9.99. The molecule has 0 radical (unpaired) electrons. The van der Waals surface area contributed by atoms with Gasteiger partial charge in [-0.1, -0.05) is 13.8 Å².